The van der Waals surface area contributed by atoms with Gasteiger partial charge < -0.3 is 20.3 Å². The summed E-state index contributed by atoms with van der Waals surface area (Å²) >= 11 is 0. The molecule has 11 nitrogen and oxygen atoms in total. The normalized spacial score (nSPS) is 21.1. The lowest BCUT2D eigenvalue weighted by Crippen LogP contribution is -2.51. The first-order chi connectivity index (χ1) is 18.6. The van der Waals surface area contributed by atoms with Gasteiger partial charge in [0.15, 0.2) is 11.5 Å². The Morgan fingerprint density at radius 1 is 0.974 bits per heavy atom. The van der Waals surface area contributed by atoms with Crippen molar-refractivity contribution in [2.75, 3.05) is 31.9 Å². The van der Waals surface area contributed by atoms with Gasteiger partial charge in [-0.2, -0.15) is 0 Å². The molecule has 11 heteroatoms. The molecule has 1 amide bonds. The van der Waals surface area contributed by atoms with Gasteiger partial charge in [-0.3, -0.25) is 14.7 Å². The van der Waals surface area contributed by atoms with Crippen molar-refractivity contribution >= 4 is 23.0 Å². The summed E-state index contributed by atoms with van der Waals surface area (Å²) in [6.45, 7) is 3.06. The standard InChI is InChI=1S/C27H31N9O2/c28-27-31-14-18(15-32-27)16-34-11-8-20(23(37)17-34)26(38)35-12-6-19(7-13-35)36-24-22(5-3-10-30-24)33-25(36)21-4-1-2-9-29-21/h1-5,9-10,14-15,19-20,23,37H,6-8,11-13,16-17H2,(H2,28,31,32). The van der Waals surface area contributed by atoms with Gasteiger partial charge in [-0.05, 0) is 50.1 Å². The minimum Gasteiger partial charge on any atom is -0.391 e. The Bertz CT molecular complexity index is 1400. The number of fused-ring (bicyclic) bond motifs is 1. The number of amides is 1. The highest BCUT2D eigenvalue weighted by Crippen LogP contribution is 2.33. The Morgan fingerprint density at radius 2 is 1.76 bits per heavy atom. The number of nitrogen functional groups attached to an aromatic ring is 1. The van der Waals surface area contributed by atoms with Gasteiger partial charge in [0.2, 0.25) is 11.9 Å². The van der Waals surface area contributed by atoms with Gasteiger partial charge in [0, 0.05) is 62.6 Å². The first-order valence-corrected chi connectivity index (χ1v) is 13.1. The first kappa shape index (κ1) is 24.4. The van der Waals surface area contributed by atoms with E-state index in [2.05, 4.69) is 29.4 Å². The van der Waals surface area contributed by atoms with Crippen LogP contribution < -0.4 is 5.73 Å². The van der Waals surface area contributed by atoms with Crippen molar-refractivity contribution in [3.05, 3.63) is 60.7 Å². The van der Waals surface area contributed by atoms with Gasteiger partial charge in [-0.25, -0.2) is 19.9 Å². The number of imidazole rings is 1. The molecule has 2 atom stereocenters. The molecule has 4 aromatic rings. The SMILES string of the molecule is Nc1ncc(CN2CCC(C(=O)N3CCC(n4c(-c5ccccn5)nc5cccnc54)CC3)C(O)C2)cn1. The zero-order valence-electron chi connectivity index (χ0n) is 21.1. The number of piperidine rings is 2. The Labute approximate surface area is 220 Å². The number of β-amino-alcohol motifs (C(OH)–C–C–N with tert-alkyl or cyclic N) is 1. The largest absolute Gasteiger partial charge is 0.391 e. The zero-order chi connectivity index (χ0) is 26.1. The van der Waals surface area contributed by atoms with E-state index in [0.29, 0.717) is 32.6 Å². The molecule has 0 spiro atoms. The van der Waals surface area contributed by atoms with Gasteiger partial charge in [-0.15, -0.1) is 0 Å². The van der Waals surface area contributed by atoms with E-state index in [4.69, 9.17) is 10.7 Å². The van der Waals surface area contributed by atoms with Crippen molar-refractivity contribution in [2.24, 2.45) is 5.92 Å². The van der Waals surface area contributed by atoms with Crippen molar-refractivity contribution < 1.29 is 9.90 Å². The number of aromatic nitrogens is 6. The second-order valence-corrected chi connectivity index (χ2v) is 10.1. The van der Waals surface area contributed by atoms with Crippen LogP contribution in [0.2, 0.25) is 0 Å². The highest BCUT2D eigenvalue weighted by atomic mass is 16.3. The number of pyridine rings is 2. The summed E-state index contributed by atoms with van der Waals surface area (Å²) in [6, 6.07) is 9.83. The third kappa shape index (κ3) is 4.82. The summed E-state index contributed by atoms with van der Waals surface area (Å²) in [7, 11) is 0. The molecule has 6 heterocycles. The number of anilines is 1. The Balaban J connectivity index is 1.11. The molecule has 2 unspecified atom stereocenters. The fourth-order valence-electron chi connectivity index (χ4n) is 5.66. The average molecular weight is 514 g/mol. The topological polar surface area (TPSA) is 139 Å². The maximum absolute atomic E-state index is 13.4. The van der Waals surface area contributed by atoms with Gasteiger partial charge in [0.05, 0.1) is 12.0 Å². The van der Waals surface area contributed by atoms with Crippen LogP contribution in [0.4, 0.5) is 5.95 Å². The highest BCUT2D eigenvalue weighted by molar-refractivity contribution is 5.80. The van der Waals surface area contributed by atoms with Crippen LogP contribution in [0.3, 0.4) is 0 Å². The Morgan fingerprint density at radius 3 is 2.50 bits per heavy atom. The van der Waals surface area contributed by atoms with E-state index >= 15 is 0 Å². The zero-order valence-corrected chi connectivity index (χ0v) is 21.1. The number of carbonyl (C=O) groups is 1. The molecule has 2 aliphatic rings. The van der Waals surface area contributed by atoms with Crippen molar-refractivity contribution in [1.82, 2.24) is 39.3 Å². The first-order valence-electron chi connectivity index (χ1n) is 13.1. The van der Waals surface area contributed by atoms with Gasteiger partial charge >= 0.3 is 0 Å². The predicted molar refractivity (Wildman–Crippen MR) is 141 cm³/mol. The lowest BCUT2D eigenvalue weighted by Gasteiger charge is -2.39. The average Bonchev–Trinajstić information content (AvgIpc) is 3.34. The van der Waals surface area contributed by atoms with E-state index < -0.39 is 6.10 Å². The molecule has 6 rings (SSSR count). The molecular weight excluding hydrogens is 482 g/mol. The third-order valence-corrected chi connectivity index (χ3v) is 7.60. The Kier molecular flexibility index (Phi) is 6.69. The quantitative estimate of drug-likeness (QED) is 0.410. The van der Waals surface area contributed by atoms with E-state index in [1.54, 1.807) is 24.8 Å². The second kappa shape index (κ2) is 10.4. The number of nitrogens with two attached hydrogens (primary N) is 1. The van der Waals surface area contributed by atoms with Crippen molar-refractivity contribution in [1.29, 1.82) is 0 Å². The van der Waals surface area contributed by atoms with E-state index in [-0.39, 0.29) is 23.8 Å². The maximum atomic E-state index is 13.4. The minimum atomic E-state index is -0.707. The van der Waals surface area contributed by atoms with Gasteiger partial charge in [-0.1, -0.05) is 6.07 Å². The molecule has 196 valence electrons. The van der Waals surface area contributed by atoms with Crippen molar-refractivity contribution in [3.63, 3.8) is 0 Å². The smallest absolute Gasteiger partial charge is 0.228 e. The molecule has 3 N–H and O–H groups in total. The minimum absolute atomic E-state index is 0.0463. The third-order valence-electron chi connectivity index (χ3n) is 7.60. The number of hydrogen-bond donors (Lipinski definition) is 2. The number of nitrogens with zero attached hydrogens (tertiary/aromatic N) is 8. The fourth-order valence-corrected chi connectivity index (χ4v) is 5.66. The van der Waals surface area contributed by atoms with Crippen LogP contribution in [-0.2, 0) is 11.3 Å². The molecule has 38 heavy (non-hydrogen) atoms. The molecule has 0 saturated carbocycles. The molecule has 4 aromatic heterocycles. The fraction of sp³-hybridized carbons (Fsp3) is 0.407. The summed E-state index contributed by atoms with van der Waals surface area (Å²) in [4.78, 5) is 39.5. The number of likely N-dealkylation sites (tertiary alicyclic amines) is 2. The molecular formula is C27H31N9O2. The lowest BCUT2D eigenvalue weighted by atomic mass is 9.91. The van der Waals surface area contributed by atoms with E-state index in [1.165, 1.54) is 0 Å². The summed E-state index contributed by atoms with van der Waals surface area (Å²) in [5.41, 5.74) is 9.00. The number of aliphatic hydroxyl groups is 1. The Hall–Kier alpha value is -3.96. The van der Waals surface area contributed by atoms with E-state index in [1.807, 2.05) is 35.2 Å². The van der Waals surface area contributed by atoms with Crippen LogP contribution in [0.1, 0.15) is 30.9 Å². The maximum Gasteiger partial charge on any atom is 0.228 e. The predicted octanol–water partition coefficient (Wildman–Crippen LogP) is 1.91. The molecule has 0 radical (unpaired) electrons. The lowest BCUT2D eigenvalue weighted by molar-refractivity contribution is -0.143. The molecule has 2 fully saturated rings. The number of rotatable bonds is 5. The van der Waals surface area contributed by atoms with Crippen LogP contribution in [0.25, 0.3) is 22.7 Å². The van der Waals surface area contributed by atoms with Crippen LogP contribution in [-0.4, -0.2) is 82.6 Å². The molecule has 0 aliphatic carbocycles. The van der Waals surface area contributed by atoms with Gasteiger partial charge in [0.25, 0.3) is 0 Å². The summed E-state index contributed by atoms with van der Waals surface area (Å²) in [5.74, 6) is 0.709. The summed E-state index contributed by atoms with van der Waals surface area (Å²) in [5, 5.41) is 10.9. The summed E-state index contributed by atoms with van der Waals surface area (Å²) < 4.78 is 2.19. The summed E-state index contributed by atoms with van der Waals surface area (Å²) in [6.07, 6.45) is 8.46. The molecule has 0 aromatic carbocycles. The highest BCUT2D eigenvalue weighted by Gasteiger charge is 2.37. The molecule has 2 aliphatic heterocycles. The molecule has 0 bridgehead atoms. The van der Waals surface area contributed by atoms with Crippen LogP contribution in [0.15, 0.2) is 55.1 Å². The van der Waals surface area contributed by atoms with Crippen LogP contribution in [0.5, 0.6) is 0 Å². The van der Waals surface area contributed by atoms with Crippen LogP contribution >= 0.6 is 0 Å². The number of aliphatic hydroxyl groups excluding tert-OH is 1. The van der Waals surface area contributed by atoms with Crippen molar-refractivity contribution in [3.8, 4) is 11.5 Å². The number of carbonyl (C=O) groups excluding carboxylic acids is 1. The number of hydrogen-bond acceptors (Lipinski definition) is 9. The van der Waals surface area contributed by atoms with Crippen molar-refractivity contribution in [2.45, 2.75) is 38.0 Å². The monoisotopic (exact) mass is 513 g/mol. The van der Waals surface area contributed by atoms with Crippen LogP contribution in [0, 0.1) is 5.92 Å². The van der Waals surface area contributed by atoms with E-state index in [0.717, 1.165) is 47.6 Å². The van der Waals surface area contributed by atoms with E-state index in [9.17, 15) is 9.90 Å². The second-order valence-electron chi connectivity index (χ2n) is 10.1. The molecule has 2 saturated heterocycles. The van der Waals surface area contributed by atoms with Gasteiger partial charge in [0.1, 0.15) is 11.2 Å².